The van der Waals surface area contributed by atoms with Crippen molar-refractivity contribution in [1.29, 1.82) is 0 Å². The van der Waals surface area contributed by atoms with Crippen LogP contribution in [0.5, 0.6) is 0 Å². The van der Waals surface area contributed by atoms with Gasteiger partial charge >= 0.3 is 0 Å². The number of rotatable bonds is 5. The van der Waals surface area contributed by atoms with Crippen LogP contribution in [-0.4, -0.2) is 66.7 Å². The topological polar surface area (TPSA) is 92.9 Å². The van der Waals surface area contributed by atoms with E-state index in [-0.39, 0.29) is 12.3 Å². The fraction of sp³-hybridized carbons (Fsp3) is 0.214. The molecule has 190 valence electrons. The number of pyridine rings is 2. The molecule has 0 aliphatic carbocycles. The maximum absolute atomic E-state index is 12.7. The van der Waals surface area contributed by atoms with Crippen molar-refractivity contribution in [3.05, 3.63) is 84.4 Å². The van der Waals surface area contributed by atoms with Crippen molar-refractivity contribution >= 4 is 34.2 Å². The van der Waals surface area contributed by atoms with Gasteiger partial charge in [-0.3, -0.25) is 14.5 Å². The van der Waals surface area contributed by atoms with Gasteiger partial charge in [0.1, 0.15) is 12.1 Å². The maximum Gasteiger partial charge on any atom is 0.228 e. The molecule has 5 heterocycles. The molecule has 0 atom stereocenters. The van der Waals surface area contributed by atoms with Crippen LogP contribution in [0, 0.1) is 0 Å². The molecule has 1 fully saturated rings. The van der Waals surface area contributed by atoms with Crippen LogP contribution in [0.4, 0.5) is 5.82 Å². The lowest BCUT2D eigenvalue weighted by atomic mass is 9.97. The standard InChI is InChI=1S/C28H25ClN8O/c1-35-17-21(14-34-35)20-10-24(25-16-30-18-33-26(25)11-20)19-2-5-27(32-13-19)36-6-8-37(9-7-36)28(38)12-23-4-3-22(29)15-31-23/h2-5,10-11,13-18H,6-9,12H2,1H3. The molecule has 10 heteroatoms. The summed E-state index contributed by atoms with van der Waals surface area (Å²) in [4.78, 5) is 34.6. The largest absolute Gasteiger partial charge is 0.353 e. The monoisotopic (exact) mass is 524 g/mol. The summed E-state index contributed by atoms with van der Waals surface area (Å²) in [5.74, 6) is 0.967. The Morgan fingerprint density at radius 3 is 2.47 bits per heavy atom. The number of hydrogen-bond donors (Lipinski definition) is 0. The lowest BCUT2D eigenvalue weighted by molar-refractivity contribution is -0.130. The Bertz CT molecular complexity index is 1590. The Labute approximate surface area is 224 Å². The van der Waals surface area contributed by atoms with E-state index in [1.165, 1.54) is 0 Å². The zero-order chi connectivity index (χ0) is 26.1. The summed E-state index contributed by atoms with van der Waals surface area (Å²) in [5, 5.41) is 5.85. The summed E-state index contributed by atoms with van der Waals surface area (Å²) >= 11 is 5.90. The molecule has 1 aliphatic rings. The highest BCUT2D eigenvalue weighted by molar-refractivity contribution is 6.30. The second kappa shape index (κ2) is 10.2. The average molecular weight is 525 g/mol. The number of carbonyl (C=O) groups excluding carboxylic acids is 1. The van der Waals surface area contributed by atoms with Gasteiger partial charge in [0, 0.05) is 80.2 Å². The van der Waals surface area contributed by atoms with Gasteiger partial charge in [-0.05, 0) is 47.5 Å². The van der Waals surface area contributed by atoms with Gasteiger partial charge in [0.25, 0.3) is 0 Å². The molecule has 1 amide bonds. The van der Waals surface area contributed by atoms with E-state index in [1.807, 2.05) is 42.8 Å². The first-order valence-corrected chi connectivity index (χ1v) is 12.7. The van der Waals surface area contributed by atoms with Crippen molar-refractivity contribution in [3.8, 4) is 22.3 Å². The number of benzene rings is 1. The third-order valence-corrected chi connectivity index (χ3v) is 7.02. The molecule has 6 rings (SSSR count). The maximum atomic E-state index is 12.7. The lowest BCUT2D eigenvalue weighted by Gasteiger charge is -2.35. The van der Waals surface area contributed by atoms with Crippen molar-refractivity contribution in [1.82, 2.24) is 34.6 Å². The third-order valence-electron chi connectivity index (χ3n) is 6.80. The number of piperazine rings is 1. The van der Waals surface area contributed by atoms with Crippen LogP contribution in [0.25, 0.3) is 33.2 Å². The second-order valence-electron chi connectivity index (χ2n) is 9.30. The number of fused-ring (bicyclic) bond motifs is 1. The normalized spacial score (nSPS) is 13.7. The van der Waals surface area contributed by atoms with Gasteiger partial charge in [0.2, 0.25) is 5.91 Å². The molecule has 1 aromatic carbocycles. The molecule has 4 aromatic heterocycles. The Morgan fingerprint density at radius 2 is 1.76 bits per heavy atom. The van der Waals surface area contributed by atoms with Crippen LogP contribution >= 0.6 is 11.6 Å². The van der Waals surface area contributed by atoms with Gasteiger partial charge in [-0.1, -0.05) is 11.6 Å². The quantitative estimate of drug-likeness (QED) is 0.342. The van der Waals surface area contributed by atoms with Gasteiger partial charge in [-0.15, -0.1) is 0 Å². The number of carbonyl (C=O) groups is 1. The second-order valence-corrected chi connectivity index (χ2v) is 9.74. The predicted octanol–water partition coefficient (Wildman–Crippen LogP) is 4.03. The van der Waals surface area contributed by atoms with Gasteiger partial charge in [-0.2, -0.15) is 5.10 Å². The average Bonchev–Trinajstić information content (AvgIpc) is 3.40. The lowest BCUT2D eigenvalue weighted by Crippen LogP contribution is -2.49. The summed E-state index contributed by atoms with van der Waals surface area (Å²) in [6.07, 6.45) is 11.0. The molecular weight excluding hydrogens is 500 g/mol. The molecule has 0 saturated carbocycles. The van der Waals surface area contributed by atoms with E-state index in [1.54, 1.807) is 29.3 Å². The Hall–Kier alpha value is -4.37. The molecule has 1 saturated heterocycles. The van der Waals surface area contributed by atoms with Crippen LogP contribution in [-0.2, 0) is 18.3 Å². The number of aryl methyl sites for hydroxylation is 1. The predicted molar refractivity (Wildman–Crippen MR) is 147 cm³/mol. The Morgan fingerprint density at radius 1 is 0.895 bits per heavy atom. The molecule has 0 N–H and O–H groups in total. The molecule has 0 unspecified atom stereocenters. The number of halogens is 1. The van der Waals surface area contributed by atoms with E-state index in [0.717, 1.165) is 57.8 Å². The summed E-state index contributed by atoms with van der Waals surface area (Å²) < 4.78 is 1.79. The van der Waals surface area contributed by atoms with E-state index in [9.17, 15) is 4.79 Å². The zero-order valence-electron chi connectivity index (χ0n) is 20.8. The smallest absolute Gasteiger partial charge is 0.228 e. The van der Waals surface area contributed by atoms with Crippen molar-refractivity contribution < 1.29 is 4.79 Å². The van der Waals surface area contributed by atoms with Crippen molar-refractivity contribution in [3.63, 3.8) is 0 Å². The summed E-state index contributed by atoms with van der Waals surface area (Å²) in [6.45, 7) is 2.73. The Kier molecular flexibility index (Phi) is 6.43. The molecule has 38 heavy (non-hydrogen) atoms. The minimum Gasteiger partial charge on any atom is -0.353 e. The highest BCUT2D eigenvalue weighted by Gasteiger charge is 2.22. The van der Waals surface area contributed by atoms with E-state index in [2.05, 4.69) is 43.1 Å². The highest BCUT2D eigenvalue weighted by atomic mass is 35.5. The van der Waals surface area contributed by atoms with Crippen LogP contribution in [0.15, 0.2) is 73.7 Å². The highest BCUT2D eigenvalue weighted by Crippen LogP contribution is 2.33. The van der Waals surface area contributed by atoms with Crippen LogP contribution in [0.3, 0.4) is 0 Å². The van der Waals surface area contributed by atoms with Gasteiger partial charge < -0.3 is 9.80 Å². The SMILES string of the molecule is Cn1cc(-c2cc(-c3ccc(N4CCN(C(=O)Cc5ccc(Cl)cn5)CC4)nc3)c3cncnc3c2)cn1. The molecule has 0 radical (unpaired) electrons. The first-order valence-electron chi connectivity index (χ1n) is 12.4. The van der Waals surface area contributed by atoms with E-state index < -0.39 is 0 Å². The van der Waals surface area contributed by atoms with Crippen LogP contribution in [0.2, 0.25) is 5.02 Å². The number of nitrogens with zero attached hydrogens (tertiary/aromatic N) is 8. The fourth-order valence-electron chi connectivity index (χ4n) is 4.75. The van der Waals surface area contributed by atoms with Crippen molar-refractivity contribution in [2.24, 2.45) is 7.05 Å². The van der Waals surface area contributed by atoms with E-state index in [4.69, 9.17) is 16.6 Å². The first-order chi connectivity index (χ1) is 18.5. The Balaban J connectivity index is 1.18. The number of amides is 1. The van der Waals surface area contributed by atoms with Crippen LogP contribution < -0.4 is 4.90 Å². The number of aromatic nitrogens is 6. The molecular formula is C28H25ClN8O. The molecule has 0 bridgehead atoms. The van der Waals surface area contributed by atoms with Gasteiger partial charge in [0.05, 0.1) is 23.2 Å². The van der Waals surface area contributed by atoms with E-state index in [0.29, 0.717) is 18.1 Å². The molecule has 0 spiro atoms. The van der Waals surface area contributed by atoms with E-state index >= 15 is 0 Å². The minimum atomic E-state index is 0.0744. The van der Waals surface area contributed by atoms with Crippen molar-refractivity contribution in [2.45, 2.75) is 6.42 Å². The van der Waals surface area contributed by atoms with Gasteiger partial charge in [-0.25, -0.2) is 15.0 Å². The summed E-state index contributed by atoms with van der Waals surface area (Å²) in [5.41, 5.74) is 5.67. The first kappa shape index (κ1) is 24.0. The summed E-state index contributed by atoms with van der Waals surface area (Å²) in [6, 6.07) is 11.9. The van der Waals surface area contributed by atoms with Crippen molar-refractivity contribution in [2.75, 3.05) is 31.1 Å². The van der Waals surface area contributed by atoms with Gasteiger partial charge in [0.15, 0.2) is 0 Å². The summed E-state index contributed by atoms with van der Waals surface area (Å²) in [7, 11) is 1.91. The third kappa shape index (κ3) is 4.92. The minimum absolute atomic E-state index is 0.0744. The molecule has 5 aromatic rings. The molecule has 9 nitrogen and oxygen atoms in total. The number of hydrogen-bond acceptors (Lipinski definition) is 7. The zero-order valence-corrected chi connectivity index (χ0v) is 21.6. The number of anilines is 1. The van der Waals surface area contributed by atoms with Crippen LogP contribution in [0.1, 0.15) is 5.69 Å². The molecule has 1 aliphatic heterocycles. The fourth-order valence-corrected chi connectivity index (χ4v) is 4.87.